The van der Waals surface area contributed by atoms with E-state index in [0.717, 1.165) is 42.8 Å². The molecule has 54 heavy (non-hydrogen) atoms. The molecule has 0 spiro atoms. The largest absolute Gasteiger partial charge is 0.252 e. The van der Waals surface area contributed by atoms with Crippen LogP contribution in [0.15, 0.2) is 52.4 Å². The molecule has 0 saturated carbocycles. The Morgan fingerprint density at radius 3 is 1.15 bits per heavy atom. The third-order valence-corrected chi connectivity index (χ3v) is 11.1. The summed E-state index contributed by atoms with van der Waals surface area (Å²) in [4.78, 5) is 10.6. The molecule has 0 atom stereocenters. The number of rotatable bonds is 35. The van der Waals surface area contributed by atoms with Crippen LogP contribution in [0.1, 0.15) is 238 Å². The van der Waals surface area contributed by atoms with Gasteiger partial charge in [0.15, 0.2) is 0 Å². The van der Waals surface area contributed by atoms with Crippen LogP contribution in [0.5, 0.6) is 0 Å². The maximum Gasteiger partial charge on any atom is 0.0639 e. The van der Waals surface area contributed by atoms with Crippen molar-refractivity contribution in [3.63, 3.8) is 0 Å². The van der Waals surface area contributed by atoms with Crippen molar-refractivity contribution in [3.8, 4) is 0 Å². The van der Waals surface area contributed by atoms with E-state index in [0.29, 0.717) is 0 Å². The summed E-state index contributed by atoms with van der Waals surface area (Å²) in [7, 11) is 0. The van der Waals surface area contributed by atoms with Crippen LogP contribution in [0, 0.1) is 0 Å². The van der Waals surface area contributed by atoms with E-state index in [4.69, 9.17) is 9.98 Å². The minimum atomic E-state index is 0. The monoisotopic (exact) mass is 833 g/mol. The predicted molar refractivity (Wildman–Crippen MR) is 240 cm³/mol. The summed E-state index contributed by atoms with van der Waals surface area (Å²) in [6.45, 7) is 11.4. The van der Waals surface area contributed by atoms with Crippen molar-refractivity contribution in [1.82, 2.24) is 0 Å². The number of unbranched alkanes of at least 4 members (excludes halogenated alkanes) is 23. The van der Waals surface area contributed by atoms with E-state index >= 15 is 0 Å². The van der Waals surface area contributed by atoms with Gasteiger partial charge in [-0.25, -0.2) is 0 Å². The second-order valence-electron chi connectivity index (χ2n) is 16.3. The molecule has 0 heterocycles. The fourth-order valence-electron chi connectivity index (χ4n) is 7.69. The van der Waals surface area contributed by atoms with Crippen LogP contribution in [0.4, 0.5) is 11.4 Å². The first kappa shape index (κ1) is 50.5. The fourth-order valence-corrected chi connectivity index (χ4v) is 7.69. The summed E-state index contributed by atoms with van der Waals surface area (Å²) in [5, 5.41) is 0. The molecule has 2 nitrogen and oxygen atoms in total. The van der Waals surface area contributed by atoms with E-state index in [1.54, 1.807) is 0 Å². The van der Waals surface area contributed by atoms with Gasteiger partial charge in [0, 0.05) is 20.4 Å². The summed E-state index contributed by atoms with van der Waals surface area (Å²) < 4.78 is 0. The molecule has 0 N–H and O–H groups in total. The van der Waals surface area contributed by atoms with Crippen molar-refractivity contribution >= 4 is 22.8 Å². The van der Waals surface area contributed by atoms with Crippen LogP contribution in [-0.4, -0.2) is 11.4 Å². The van der Waals surface area contributed by atoms with E-state index < -0.39 is 0 Å². The number of aryl methyl sites for hydroxylation is 3. The molecule has 3 heteroatoms. The molecule has 2 aromatic carbocycles. The van der Waals surface area contributed by atoms with Gasteiger partial charge < -0.3 is 0 Å². The number of nitrogens with zero attached hydrogens (tertiary/aromatic N) is 2. The summed E-state index contributed by atoms with van der Waals surface area (Å²) in [6.07, 6.45) is 42.4. The average molecular weight is 834 g/mol. The van der Waals surface area contributed by atoms with Gasteiger partial charge in [0.25, 0.3) is 0 Å². The van der Waals surface area contributed by atoms with E-state index in [-0.39, 0.29) is 20.4 Å². The van der Waals surface area contributed by atoms with Crippen LogP contribution in [-0.2, 0) is 39.7 Å². The van der Waals surface area contributed by atoms with E-state index in [1.165, 1.54) is 202 Å². The van der Waals surface area contributed by atoms with Gasteiger partial charge in [-0.05, 0) is 98.7 Å². The third kappa shape index (κ3) is 25.6. The normalized spacial score (nSPS) is 12.0. The van der Waals surface area contributed by atoms with Crippen LogP contribution in [0.25, 0.3) is 0 Å². The van der Waals surface area contributed by atoms with Crippen LogP contribution >= 0.6 is 0 Å². The zero-order valence-corrected chi connectivity index (χ0v) is 37.9. The Balaban J connectivity index is 0.0000146. The van der Waals surface area contributed by atoms with E-state index in [2.05, 4.69) is 77.1 Å². The zero-order chi connectivity index (χ0) is 38.0. The van der Waals surface area contributed by atoms with Gasteiger partial charge in [-0.2, -0.15) is 0 Å². The van der Waals surface area contributed by atoms with Crippen molar-refractivity contribution in [1.29, 1.82) is 0 Å². The maximum atomic E-state index is 5.39. The van der Waals surface area contributed by atoms with Crippen molar-refractivity contribution in [2.24, 2.45) is 9.98 Å². The molecular weight excluding hydrogens is 747 g/mol. The second kappa shape index (κ2) is 35.8. The molecule has 0 aromatic heterocycles. The third-order valence-electron chi connectivity index (χ3n) is 11.1. The van der Waals surface area contributed by atoms with Crippen molar-refractivity contribution in [2.45, 2.75) is 240 Å². The molecule has 2 rings (SSSR count). The number of aliphatic imine (C=N–C) groups is 2. The number of hydrogen-bond acceptors (Lipinski definition) is 2. The Morgan fingerprint density at radius 1 is 0.352 bits per heavy atom. The molecule has 0 aliphatic heterocycles. The van der Waals surface area contributed by atoms with Crippen molar-refractivity contribution in [3.05, 3.63) is 59.2 Å². The molecule has 0 fully saturated rings. The van der Waals surface area contributed by atoms with Crippen molar-refractivity contribution < 1.29 is 20.4 Å². The topological polar surface area (TPSA) is 24.7 Å². The summed E-state index contributed by atoms with van der Waals surface area (Å²) in [5.41, 5.74) is 8.91. The molecule has 0 unspecified atom stereocenters. The summed E-state index contributed by atoms with van der Waals surface area (Å²) in [6, 6.07) is 16.3. The smallest absolute Gasteiger partial charge is 0.0639 e. The second-order valence-corrected chi connectivity index (χ2v) is 16.3. The molecule has 0 radical (unpaired) electrons. The molecule has 0 aliphatic carbocycles. The number of hydrogen-bond donors (Lipinski definition) is 0. The van der Waals surface area contributed by atoms with Gasteiger partial charge in [-0.3, -0.25) is 9.98 Å². The SMILES string of the molecule is CCCCCCCCCCCCCCCCCCCCc1ccc(N=C(CC)C(CCCCC)=Nc2cc(CCCCC)cc(CCCCC)c2)cc1.[Pd]. The van der Waals surface area contributed by atoms with Crippen LogP contribution in [0.3, 0.4) is 0 Å². The first-order valence-electron chi connectivity index (χ1n) is 23.5. The van der Waals surface area contributed by atoms with Gasteiger partial charge >= 0.3 is 0 Å². The Labute approximate surface area is 350 Å². The molecule has 310 valence electrons. The van der Waals surface area contributed by atoms with Crippen LogP contribution < -0.4 is 0 Å². The molecule has 0 amide bonds. The first-order valence-corrected chi connectivity index (χ1v) is 23.5. The summed E-state index contributed by atoms with van der Waals surface area (Å²) >= 11 is 0. The quantitative estimate of drug-likeness (QED) is 0.0375. The minimum Gasteiger partial charge on any atom is -0.252 e. The first-order chi connectivity index (χ1) is 26.1. The molecule has 0 aliphatic rings. The Kier molecular flexibility index (Phi) is 33.5. The van der Waals surface area contributed by atoms with Gasteiger partial charge in [0.1, 0.15) is 0 Å². The summed E-state index contributed by atoms with van der Waals surface area (Å²) in [5.74, 6) is 0. The van der Waals surface area contributed by atoms with Gasteiger partial charge in [-0.15, -0.1) is 0 Å². The predicted octanol–water partition coefficient (Wildman–Crippen LogP) is 17.6. The van der Waals surface area contributed by atoms with Crippen molar-refractivity contribution in [2.75, 3.05) is 0 Å². The molecular formula is C51H86N2Pd. The van der Waals surface area contributed by atoms with Gasteiger partial charge in [-0.1, -0.05) is 200 Å². The van der Waals surface area contributed by atoms with Crippen LogP contribution in [0.2, 0.25) is 0 Å². The van der Waals surface area contributed by atoms with E-state index in [1.807, 2.05) is 0 Å². The van der Waals surface area contributed by atoms with Gasteiger partial charge in [0.05, 0.1) is 22.8 Å². The Hall–Kier alpha value is -1.56. The zero-order valence-electron chi connectivity index (χ0n) is 36.4. The van der Waals surface area contributed by atoms with E-state index in [9.17, 15) is 0 Å². The Morgan fingerprint density at radius 2 is 0.704 bits per heavy atom. The molecule has 0 saturated heterocycles. The molecule has 0 bridgehead atoms. The maximum absolute atomic E-state index is 5.39. The molecule has 2 aromatic rings. The minimum absolute atomic E-state index is 0. The standard InChI is InChI=1S/C51H86N2.Pd/c1-6-11-15-16-17-18-19-20-21-22-23-24-25-26-27-28-29-33-34-45-38-40-48(41-39-45)52-50(10-5)51(37-32-14-9-4)53-49-43-46(35-30-12-7-2)42-47(44-49)36-31-13-8-3;/h38-44H,6-37H2,1-5H3;. The Bertz CT molecular complexity index is 1170. The number of benzene rings is 2. The van der Waals surface area contributed by atoms with Gasteiger partial charge in [0.2, 0.25) is 0 Å². The average Bonchev–Trinajstić information content (AvgIpc) is 3.17. The fraction of sp³-hybridized carbons (Fsp3) is 0.725.